The van der Waals surface area contributed by atoms with E-state index < -0.39 is 0 Å². The number of nitrogens with one attached hydrogen (secondary N) is 1. The third-order valence-corrected chi connectivity index (χ3v) is 4.22. The highest BCUT2D eigenvalue weighted by molar-refractivity contribution is 9.10. The molecule has 2 rings (SSSR count). The molecule has 3 N–H and O–H groups in total. The maximum absolute atomic E-state index is 5.79. The van der Waals surface area contributed by atoms with Crippen molar-refractivity contribution in [2.75, 3.05) is 12.4 Å². The van der Waals surface area contributed by atoms with Crippen LogP contribution < -0.4 is 11.1 Å². The molecule has 0 spiro atoms. The first-order valence-electron chi connectivity index (χ1n) is 6.01. The first kappa shape index (κ1) is 13.8. The van der Waals surface area contributed by atoms with Crippen LogP contribution in [0.1, 0.15) is 24.8 Å². The van der Waals surface area contributed by atoms with Crippen molar-refractivity contribution in [1.29, 1.82) is 0 Å². The van der Waals surface area contributed by atoms with E-state index in [1.165, 1.54) is 6.42 Å². The molecule has 98 valence electrons. The molecule has 0 aliphatic heterocycles. The predicted octanol–water partition coefficient (Wildman–Crippen LogP) is 3.06. The Morgan fingerprint density at radius 2 is 2.28 bits per heavy atom. The van der Waals surface area contributed by atoms with Crippen LogP contribution in [-0.2, 0) is 4.74 Å². The first-order chi connectivity index (χ1) is 8.63. The second-order valence-electron chi connectivity index (χ2n) is 4.48. The molecular formula is C13H17BrN2OS. The molecule has 18 heavy (non-hydrogen) atoms. The summed E-state index contributed by atoms with van der Waals surface area (Å²) in [4.78, 5) is 0.400. The van der Waals surface area contributed by atoms with Crippen LogP contribution >= 0.6 is 28.1 Å². The molecule has 0 amide bonds. The number of ether oxygens (including phenoxy) is 1. The van der Waals surface area contributed by atoms with E-state index in [-0.39, 0.29) is 6.10 Å². The van der Waals surface area contributed by atoms with Gasteiger partial charge in [-0.1, -0.05) is 18.3 Å². The second-order valence-corrected chi connectivity index (χ2v) is 5.78. The minimum atomic E-state index is 0.267. The Kier molecular flexibility index (Phi) is 4.59. The van der Waals surface area contributed by atoms with Crippen molar-refractivity contribution in [2.45, 2.75) is 31.4 Å². The summed E-state index contributed by atoms with van der Waals surface area (Å²) in [5.74, 6) is 0. The lowest BCUT2D eigenvalue weighted by Gasteiger charge is -2.22. The normalized spacial score (nSPS) is 23.0. The van der Waals surface area contributed by atoms with Crippen LogP contribution in [-0.4, -0.2) is 24.2 Å². The predicted molar refractivity (Wildman–Crippen MR) is 82.1 cm³/mol. The third kappa shape index (κ3) is 2.84. The van der Waals surface area contributed by atoms with Crippen molar-refractivity contribution in [2.24, 2.45) is 5.73 Å². The molecule has 1 aromatic carbocycles. The summed E-state index contributed by atoms with van der Waals surface area (Å²) in [5.41, 5.74) is 7.63. The summed E-state index contributed by atoms with van der Waals surface area (Å²) in [5, 5.41) is 3.51. The van der Waals surface area contributed by atoms with Crippen molar-refractivity contribution < 1.29 is 4.74 Å². The summed E-state index contributed by atoms with van der Waals surface area (Å²) >= 11 is 8.60. The SMILES string of the molecule is COC1CCCC1Nc1cccc(Br)c1C(N)=S. The number of methoxy groups -OCH3 is 1. The quantitative estimate of drug-likeness (QED) is 0.834. The fourth-order valence-electron chi connectivity index (χ4n) is 2.47. The van der Waals surface area contributed by atoms with E-state index in [9.17, 15) is 0 Å². The number of thiocarbonyl (C=S) groups is 1. The van der Waals surface area contributed by atoms with Crippen molar-refractivity contribution in [3.63, 3.8) is 0 Å². The molecule has 2 unspecified atom stereocenters. The van der Waals surface area contributed by atoms with E-state index in [0.717, 1.165) is 28.6 Å². The number of hydrogen-bond donors (Lipinski definition) is 2. The van der Waals surface area contributed by atoms with Gasteiger partial charge in [-0.3, -0.25) is 0 Å². The van der Waals surface area contributed by atoms with Crippen molar-refractivity contribution >= 4 is 38.8 Å². The number of nitrogens with two attached hydrogens (primary N) is 1. The van der Waals surface area contributed by atoms with E-state index >= 15 is 0 Å². The molecule has 3 nitrogen and oxygen atoms in total. The van der Waals surface area contributed by atoms with E-state index in [4.69, 9.17) is 22.7 Å². The Morgan fingerprint density at radius 3 is 2.94 bits per heavy atom. The number of anilines is 1. The molecule has 1 aromatic rings. The molecule has 0 radical (unpaired) electrons. The van der Waals surface area contributed by atoms with E-state index in [1.807, 2.05) is 18.2 Å². The number of rotatable bonds is 4. The standard InChI is InChI=1S/C13H17BrN2OS/c1-17-11-7-3-5-9(11)16-10-6-2-4-8(14)12(10)13(15)18/h2,4,6,9,11,16H,3,5,7H2,1H3,(H2,15,18). The molecule has 1 saturated carbocycles. The fraction of sp³-hybridized carbons (Fsp3) is 0.462. The minimum Gasteiger partial charge on any atom is -0.389 e. The lowest BCUT2D eigenvalue weighted by Crippen LogP contribution is -2.30. The molecule has 0 bridgehead atoms. The second kappa shape index (κ2) is 5.99. The van der Waals surface area contributed by atoms with E-state index in [1.54, 1.807) is 7.11 Å². The average molecular weight is 329 g/mol. The lowest BCUT2D eigenvalue weighted by molar-refractivity contribution is 0.101. The first-order valence-corrected chi connectivity index (χ1v) is 7.21. The molecule has 2 atom stereocenters. The van der Waals surface area contributed by atoms with Crippen LogP contribution in [0.25, 0.3) is 0 Å². The number of benzene rings is 1. The summed E-state index contributed by atoms with van der Waals surface area (Å²) in [6.45, 7) is 0. The van der Waals surface area contributed by atoms with Gasteiger partial charge in [0.05, 0.1) is 12.1 Å². The van der Waals surface area contributed by atoms with Crippen LogP contribution in [0.2, 0.25) is 0 Å². The highest BCUT2D eigenvalue weighted by Crippen LogP contribution is 2.29. The van der Waals surface area contributed by atoms with Crippen molar-refractivity contribution in [1.82, 2.24) is 0 Å². The zero-order chi connectivity index (χ0) is 13.1. The van der Waals surface area contributed by atoms with Gasteiger partial charge in [-0.05, 0) is 47.3 Å². The Morgan fingerprint density at radius 1 is 1.50 bits per heavy atom. The maximum Gasteiger partial charge on any atom is 0.107 e. The molecular weight excluding hydrogens is 312 g/mol. The number of hydrogen-bond acceptors (Lipinski definition) is 3. The Bertz CT molecular complexity index is 453. The molecule has 1 aliphatic carbocycles. The van der Waals surface area contributed by atoms with Gasteiger partial charge < -0.3 is 15.8 Å². The van der Waals surface area contributed by atoms with Gasteiger partial charge in [-0.25, -0.2) is 0 Å². The number of halogens is 1. The lowest BCUT2D eigenvalue weighted by atomic mass is 10.1. The molecule has 1 aliphatic rings. The summed E-state index contributed by atoms with van der Waals surface area (Å²) < 4.78 is 6.41. The zero-order valence-corrected chi connectivity index (χ0v) is 12.7. The Hall–Kier alpha value is -0.650. The summed E-state index contributed by atoms with van der Waals surface area (Å²) in [6, 6.07) is 6.26. The van der Waals surface area contributed by atoms with Gasteiger partial charge in [0.1, 0.15) is 4.99 Å². The van der Waals surface area contributed by atoms with Crippen LogP contribution in [0.5, 0.6) is 0 Å². The summed E-state index contributed by atoms with van der Waals surface area (Å²) in [6.07, 6.45) is 3.67. The van der Waals surface area contributed by atoms with Crippen molar-refractivity contribution in [3.8, 4) is 0 Å². The van der Waals surface area contributed by atoms with E-state index in [2.05, 4.69) is 21.2 Å². The third-order valence-electron chi connectivity index (χ3n) is 3.36. The van der Waals surface area contributed by atoms with Gasteiger partial charge in [0.25, 0.3) is 0 Å². The highest BCUT2D eigenvalue weighted by atomic mass is 79.9. The summed E-state index contributed by atoms with van der Waals surface area (Å²) in [7, 11) is 1.76. The smallest absolute Gasteiger partial charge is 0.107 e. The largest absolute Gasteiger partial charge is 0.389 e. The Balaban J connectivity index is 2.23. The van der Waals surface area contributed by atoms with Gasteiger partial charge in [0, 0.05) is 22.8 Å². The molecule has 5 heteroatoms. The average Bonchev–Trinajstić information content (AvgIpc) is 2.76. The monoisotopic (exact) mass is 328 g/mol. The molecule has 1 fully saturated rings. The van der Waals surface area contributed by atoms with Crippen molar-refractivity contribution in [3.05, 3.63) is 28.2 Å². The van der Waals surface area contributed by atoms with Gasteiger partial charge in [-0.2, -0.15) is 0 Å². The van der Waals surface area contributed by atoms with Crippen LogP contribution in [0.3, 0.4) is 0 Å². The molecule has 0 saturated heterocycles. The van der Waals surface area contributed by atoms with E-state index in [0.29, 0.717) is 11.0 Å². The Labute approximate surface area is 121 Å². The maximum atomic E-state index is 5.79. The zero-order valence-electron chi connectivity index (χ0n) is 10.3. The highest BCUT2D eigenvalue weighted by Gasteiger charge is 2.27. The molecule has 0 aromatic heterocycles. The van der Waals surface area contributed by atoms with Gasteiger partial charge in [-0.15, -0.1) is 0 Å². The topological polar surface area (TPSA) is 47.3 Å². The fourth-order valence-corrected chi connectivity index (χ4v) is 3.40. The minimum absolute atomic E-state index is 0.267. The van der Waals surface area contributed by atoms with Crippen LogP contribution in [0.15, 0.2) is 22.7 Å². The van der Waals surface area contributed by atoms with Crippen LogP contribution in [0.4, 0.5) is 5.69 Å². The van der Waals surface area contributed by atoms with Crippen LogP contribution in [0, 0.1) is 0 Å². The molecule has 0 heterocycles. The van der Waals surface area contributed by atoms with Gasteiger partial charge in [0.2, 0.25) is 0 Å². The van der Waals surface area contributed by atoms with Gasteiger partial charge >= 0.3 is 0 Å². The van der Waals surface area contributed by atoms with Gasteiger partial charge in [0.15, 0.2) is 0 Å².